The van der Waals surface area contributed by atoms with E-state index in [0.29, 0.717) is 0 Å². The third-order valence-electron chi connectivity index (χ3n) is 0.807. The molecule has 1 rings (SSSR count). The van der Waals surface area contributed by atoms with Crippen LogP contribution in [-0.2, 0) is 0 Å². The van der Waals surface area contributed by atoms with Crippen LogP contribution in [0.2, 0.25) is 5.02 Å². The second-order valence-electron chi connectivity index (χ2n) is 1.43. The highest BCUT2D eigenvalue weighted by atomic mass is 79.9. The molecule has 0 saturated heterocycles. The molecule has 0 aliphatic rings. The molecule has 0 radical (unpaired) electrons. The summed E-state index contributed by atoms with van der Waals surface area (Å²) in [5, 5.41) is -0.227. The average molecular weight is 228 g/mol. The summed E-state index contributed by atoms with van der Waals surface area (Å²) in [5.74, 6) is -0.376. The molecule has 1 nitrogen and oxygen atoms in total. The van der Waals surface area contributed by atoms with Crippen molar-refractivity contribution in [1.29, 1.82) is 0 Å². The highest BCUT2D eigenvalue weighted by Gasteiger charge is 1.97. The Morgan fingerprint density at radius 3 is 3.30 bits per heavy atom. The van der Waals surface area contributed by atoms with Gasteiger partial charge in [-0.2, -0.15) is 0 Å². The lowest BCUT2D eigenvalue weighted by molar-refractivity contribution is 0.412. The molecule has 0 unspecified atom stereocenters. The summed E-state index contributed by atoms with van der Waals surface area (Å²) < 4.78 is 47.6. The molecule has 0 aromatic heterocycles. The summed E-state index contributed by atoms with van der Waals surface area (Å²) in [5.41, 5.74) is 0. The Balaban J connectivity index is 3.40. The van der Waals surface area contributed by atoms with Crippen LogP contribution in [0.3, 0.4) is 0 Å². The molecular formula is C7H6BrClO. The molecule has 0 N–H and O–H groups in total. The minimum atomic E-state index is -2.75. The number of rotatable bonds is 1. The van der Waals surface area contributed by atoms with E-state index < -0.39 is 19.1 Å². The van der Waals surface area contributed by atoms with Crippen LogP contribution in [0.4, 0.5) is 0 Å². The van der Waals surface area contributed by atoms with Crippen molar-refractivity contribution in [2.75, 3.05) is 7.04 Å². The Kier molecular flexibility index (Phi) is 0.989. The first kappa shape index (κ1) is 3.03. The van der Waals surface area contributed by atoms with Crippen molar-refractivity contribution in [2.45, 2.75) is 0 Å². The molecule has 0 atom stereocenters. The van der Waals surface area contributed by atoms with Crippen LogP contribution in [0.1, 0.15) is 8.22 Å². The van der Waals surface area contributed by atoms with Crippen LogP contribution in [0.25, 0.3) is 0 Å². The minimum absolute atomic E-state index is 0.0466. The number of hydrogen-bond donors (Lipinski definition) is 0. The van der Waals surface area contributed by atoms with Gasteiger partial charge in [0.25, 0.3) is 0 Å². The fraction of sp³-hybridized carbons (Fsp3) is 0.143. The van der Waals surface area contributed by atoms with Crippen LogP contribution < -0.4 is 4.74 Å². The van der Waals surface area contributed by atoms with Crippen molar-refractivity contribution < 1.29 is 13.0 Å². The highest BCUT2D eigenvalue weighted by Crippen LogP contribution is 2.27. The SMILES string of the molecule is [2H]c1c([2H])c(OC([2H])([2H])[2H])c(Br)c([2H])c1Cl. The van der Waals surface area contributed by atoms with Crippen LogP contribution in [0, 0.1) is 0 Å². The first-order chi connectivity index (χ1) is 7.15. The first-order valence-corrected chi connectivity index (χ1v) is 3.46. The van der Waals surface area contributed by atoms with E-state index in [1.807, 2.05) is 0 Å². The van der Waals surface area contributed by atoms with Crippen molar-refractivity contribution in [1.82, 2.24) is 0 Å². The fourth-order valence-electron chi connectivity index (χ4n) is 0.421. The van der Waals surface area contributed by atoms with E-state index in [1.165, 1.54) is 0 Å². The van der Waals surface area contributed by atoms with Gasteiger partial charge in [0.1, 0.15) is 5.75 Å². The maximum absolute atomic E-state index is 7.49. The van der Waals surface area contributed by atoms with Crippen molar-refractivity contribution in [3.63, 3.8) is 0 Å². The molecule has 10 heavy (non-hydrogen) atoms. The monoisotopic (exact) mass is 226 g/mol. The maximum atomic E-state index is 7.49. The normalized spacial score (nSPS) is 19.4. The van der Waals surface area contributed by atoms with E-state index in [9.17, 15) is 0 Å². The molecule has 0 aliphatic carbocycles. The van der Waals surface area contributed by atoms with Gasteiger partial charge in [0, 0.05) is 5.02 Å². The number of ether oxygens (including phenoxy) is 1. The lowest BCUT2D eigenvalue weighted by Crippen LogP contribution is -1.82. The quantitative estimate of drug-likeness (QED) is 0.716. The van der Waals surface area contributed by atoms with Crippen molar-refractivity contribution in [3.8, 4) is 5.75 Å². The molecule has 0 saturated carbocycles. The van der Waals surface area contributed by atoms with Crippen molar-refractivity contribution in [2.24, 2.45) is 0 Å². The lowest BCUT2D eigenvalue weighted by atomic mass is 10.3. The highest BCUT2D eigenvalue weighted by molar-refractivity contribution is 9.10. The molecule has 54 valence electrons. The Labute approximate surface area is 81.5 Å². The zero-order valence-corrected chi connectivity index (χ0v) is 7.01. The molecule has 1 aromatic carbocycles. The molecule has 3 heteroatoms. The van der Waals surface area contributed by atoms with E-state index in [0.717, 1.165) is 0 Å². The first-order valence-electron chi connectivity index (χ1n) is 5.29. The number of methoxy groups -OCH3 is 1. The Morgan fingerprint density at radius 1 is 1.80 bits per heavy atom. The Morgan fingerprint density at radius 2 is 2.60 bits per heavy atom. The largest absolute Gasteiger partial charge is 0.496 e. The van der Waals surface area contributed by atoms with Gasteiger partial charge in [0.2, 0.25) is 0 Å². The minimum Gasteiger partial charge on any atom is -0.496 e. The summed E-state index contributed by atoms with van der Waals surface area (Å²) >= 11 is 8.53. The smallest absolute Gasteiger partial charge is 0.133 e. The topological polar surface area (TPSA) is 9.23 Å². The molecule has 0 bridgehead atoms. The van der Waals surface area contributed by atoms with Crippen LogP contribution in [-0.4, -0.2) is 7.04 Å². The van der Waals surface area contributed by atoms with Crippen molar-refractivity contribution in [3.05, 3.63) is 27.6 Å². The zero-order valence-electron chi connectivity index (χ0n) is 10.7. The van der Waals surface area contributed by atoms with Crippen LogP contribution >= 0.6 is 27.5 Å². The Hall–Kier alpha value is -0.210. The van der Waals surface area contributed by atoms with Gasteiger partial charge < -0.3 is 4.74 Å². The number of hydrogen-bond acceptors (Lipinski definition) is 1. The molecule has 0 spiro atoms. The van der Waals surface area contributed by atoms with Gasteiger partial charge in [0.05, 0.1) is 19.7 Å². The lowest BCUT2D eigenvalue weighted by Gasteiger charge is -2.01. The summed E-state index contributed by atoms with van der Waals surface area (Å²) in [6, 6.07) is -1.18. The number of benzene rings is 1. The Bertz CT molecular complexity index is 403. The predicted octanol–water partition coefficient (Wildman–Crippen LogP) is 3.11. The molecule has 1 aromatic rings. The average Bonchev–Trinajstić information content (AvgIpc) is 2.17. The third-order valence-corrected chi connectivity index (χ3v) is 1.55. The predicted molar refractivity (Wildman–Crippen MR) is 45.7 cm³/mol. The van der Waals surface area contributed by atoms with Crippen molar-refractivity contribution >= 4 is 27.5 Å². The van der Waals surface area contributed by atoms with E-state index in [4.69, 9.17) is 19.8 Å². The summed E-state index contributed by atoms with van der Waals surface area (Å²) in [4.78, 5) is 0. The molecule has 0 fully saturated rings. The van der Waals surface area contributed by atoms with E-state index in [2.05, 4.69) is 20.7 Å². The molecular weight excluding hydrogens is 215 g/mol. The molecule has 0 amide bonds. The number of halogens is 2. The summed E-state index contributed by atoms with van der Waals surface area (Å²) in [7, 11) is -2.75. The third kappa shape index (κ3) is 1.64. The second kappa shape index (κ2) is 3.26. The molecule has 0 heterocycles. The van der Waals surface area contributed by atoms with E-state index in [1.54, 1.807) is 0 Å². The van der Waals surface area contributed by atoms with Gasteiger partial charge in [-0.1, -0.05) is 11.6 Å². The fourth-order valence-corrected chi connectivity index (χ4v) is 1.06. The van der Waals surface area contributed by atoms with Crippen LogP contribution in [0.5, 0.6) is 5.75 Å². The summed E-state index contributed by atoms with van der Waals surface area (Å²) in [6.07, 6.45) is 0. The maximum Gasteiger partial charge on any atom is 0.133 e. The molecule has 0 aliphatic heterocycles. The van der Waals surface area contributed by atoms with E-state index >= 15 is 0 Å². The second-order valence-corrected chi connectivity index (χ2v) is 2.61. The van der Waals surface area contributed by atoms with Gasteiger partial charge in [-0.3, -0.25) is 0 Å². The van der Waals surface area contributed by atoms with Gasteiger partial charge >= 0.3 is 0 Å². The van der Waals surface area contributed by atoms with Gasteiger partial charge in [-0.15, -0.1) is 0 Å². The van der Waals surface area contributed by atoms with Gasteiger partial charge in [0.15, 0.2) is 0 Å². The van der Waals surface area contributed by atoms with Crippen LogP contribution in [0.15, 0.2) is 22.6 Å². The zero-order chi connectivity index (χ0) is 12.7. The standard InChI is InChI=1S/C7H6BrClO/c1-10-7-3-2-5(9)4-6(7)8/h2-4H,1H3/i1D3,2D,3D,4D. The van der Waals surface area contributed by atoms with E-state index in [-0.39, 0.29) is 21.3 Å². The van der Waals surface area contributed by atoms with Gasteiger partial charge in [-0.25, -0.2) is 0 Å². The summed E-state index contributed by atoms with van der Waals surface area (Å²) in [6.45, 7) is 0. The van der Waals surface area contributed by atoms with Gasteiger partial charge in [-0.05, 0) is 34.1 Å².